The second-order valence-electron chi connectivity index (χ2n) is 8.33. The predicted molar refractivity (Wildman–Crippen MR) is 126 cm³/mol. The van der Waals surface area contributed by atoms with Crippen LogP contribution in [-0.2, 0) is 20.8 Å². The molecule has 0 heterocycles. The van der Waals surface area contributed by atoms with Crippen LogP contribution in [-0.4, -0.2) is 51.2 Å². The average molecular weight is 525 g/mol. The highest BCUT2D eigenvalue weighted by molar-refractivity contribution is 5.97. The van der Waals surface area contributed by atoms with Crippen molar-refractivity contribution in [3.63, 3.8) is 0 Å². The first kappa shape index (κ1) is 28.9. The van der Waals surface area contributed by atoms with E-state index >= 15 is 0 Å². The summed E-state index contributed by atoms with van der Waals surface area (Å²) in [5.41, 5.74) is 11.9. The van der Waals surface area contributed by atoms with Gasteiger partial charge in [-0.1, -0.05) is 12.1 Å². The van der Waals surface area contributed by atoms with Crippen LogP contribution >= 0.6 is 0 Å². The van der Waals surface area contributed by atoms with E-state index in [1.807, 2.05) is 0 Å². The number of carboxylic acids is 2. The Morgan fingerprint density at radius 2 is 1.59 bits per heavy atom. The number of phenolic OH excluding ortho intramolecular Hbond substituents is 1. The maximum Gasteiger partial charge on any atom is 0.450 e. The zero-order chi connectivity index (χ0) is 27.9. The molecule has 0 fully saturated rings. The molecule has 0 bridgehead atoms. The van der Waals surface area contributed by atoms with Crippen LogP contribution in [0.15, 0.2) is 36.4 Å². The Morgan fingerprint density at radius 1 is 0.973 bits per heavy atom. The van der Waals surface area contributed by atoms with Crippen molar-refractivity contribution in [2.75, 3.05) is 11.5 Å². The van der Waals surface area contributed by atoms with Crippen molar-refractivity contribution in [3.05, 3.63) is 53.1 Å². The number of nitrogens with one attached hydrogen (secondary N) is 1. The van der Waals surface area contributed by atoms with E-state index in [4.69, 9.17) is 21.7 Å². The lowest BCUT2D eigenvalue weighted by molar-refractivity contribution is -0.173. The van der Waals surface area contributed by atoms with E-state index in [0.29, 0.717) is 0 Å². The Kier molecular flexibility index (Phi) is 9.47. The fourth-order valence-electron chi connectivity index (χ4n) is 3.74. The quantitative estimate of drug-likeness (QED) is 0.226. The van der Waals surface area contributed by atoms with Crippen molar-refractivity contribution in [2.45, 2.75) is 50.2 Å². The summed E-state index contributed by atoms with van der Waals surface area (Å²) in [6.07, 6.45) is -6.11. The number of benzene rings is 2. The summed E-state index contributed by atoms with van der Waals surface area (Å²) in [5, 5.41) is 30.1. The number of aromatic hydroxyl groups is 1. The number of carbonyl (C=O) groups excluding carboxylic acids is 2. The Balaban J connectivity index is 2.18. The number of phenols is 1. The molecule has 0 aliphatic carbocycles. The molecule has 200 valence electrons. The SMILES string of the molecule is Nc1cc(N)c(CCCC(C(=O)C(F)(F)F)c2ccc(C(=O)N[C@@H](CCC(=O)O)C(=O)O)cc2)c(O)c1. The van der Waals surface area contributed by atoms with Gasteiger partial charge in [-0.15, -0.1) is 0 Å². The van der Waals surface area contributed by atoms with Gasteiger partial charge in [-0.2, -0.15) is 13.2 Å². The third kappa shape index (κ3) is 8.12. The maximum atomic E-state index is 13.3. The standard InChI is InChI=1S/C24H26F3N3O7/c25-24(26,27)21(34)15(2-1-3-16-17(29)10-14(28)11-19(16)31)12-4-6-13(7-5-12)22(35)30-18(23(36)37)8-9-20(32)33/h4-7,10-11,15,18,31H,1-3,8-9,28-29H2,(H,30,35)(H,32,33)(H,36,37)/t15?,18-/m0/s1. The normalized spacial score (nSPS) is 12.9. The number of alkyl halides is 3. The molecule has 1 unspecified atom stereocenters. The summed E-state index contributed by atoms with van der Waals surface area (Å²) in [7, 11) is 0. The number of carboxylic acid groups (broad SMARTS) is 2. The second-order valence-corrected chi connectivity index (χ2v) is 8.33. The Hall–Kier alpha value is -4.29. The molecule has 13 heteroatoms. The lowest BCUT2D eigenvalue weighted by Gasteiger charge is -2.19. The molecule has 0 saturated carbocycles. The van der Waals surface area contributed by atoms with Gasteiger partial charge in [-0.05, 0) is 49.4 Å². The van der Waals surface area contributed by atoms with Crippen molar-refractivity contribution in [2.24, 2.45) is 0 Å². The largest absolute Gasteiger partial charge is 0.508 e. The molecule has 0 saturated heterocycles. The van der Waals surface area contributed by atoms with Crippen LogP contribution in [0, 0.1) is 0 Å². The van der Waals surface area contributed by atoms with Crippen LogP contribution in [0.1, 0.15) is 53.1 Å². The van der Waals surface area contributed by atoms with Crippen molar-refractivity contribution in [1.82, 2.24) is 5.32 Å². The Morgan fingerprint density at radius 3 is 2.11 bits per heavy atom. The molecule has 0 aliphatic heterocycles. The summed E-state index contributed by atoms with van der Waals surface area (Å²) in [5.74, 6) is -7.38. The van der Waals surface area contributed by atoms with Gasteiger partial charge >= 0.3 is 18.1 Å². The first-order chi connectivity index (χ1) is 17.2. The number of amides is 1. The summed E-state index contributed by atoms with van der Waals surface area (Å²) < 4.78 is 39.8. The number of hydrogen-bond acceptors (Lipinski definition) is 7. The third-order valence-electron chi connectivity index (χ3n) is 5.62. The van der Waals surface area contributed by atoms with E-state index in [1.54, 1.807) is 0 Å². The van der Waals surface area contributed by atoms with E-state index in [1.165, 1.54) is 12.1 Å². The van der Waals surface area contributed by atoms with E-state index in [9.17, 15) is 37.5 Å². The third-order valence-corrected chi connectivity index (χ3v) is 5.62. The minimum absolute atomic E-state index is 0.0194. The lowest BCUT2D eigenvalue weighted by atomic mass is 9.88. The van der Waals surface area contributed by atoms with Crippen molar-refractivity contribution in [3.8, 4) is 5.75 Å². The smallest absolute Gasteiger partial charge is 0.450 e. The summed E-state index contributed by atoms with van der Waals surface area (Å²) in [6, 6.07) is 5.76. The van der Waals surface area contributed by atoms with Crippen LogP contribution in [0.4, 0.5) is 24.5 Å². The molecule has 2 aromatic carbocycles. The highest BCUT2D eigenvalue weighted by atomic mass is 19.4. The van der Waals surface area contributed by atoms with Gasteiger partial charge in [0.05, 0.1) is 5.92 Å². The molecular formula is C24H26F3N3O7. The molecule has 0 aliphatic rings. The zero-order valence-electron chi connectivity index (χ0n) is 19.4. The van der Waals surface area contributed by atoms with E-state index in [-0.39, 0.29) is 59.5 Å². The maximum absolute atomic E-state index is 13.3. The number of ketones is 1. The van der Waals surface area contributed by atoms with Crippen LogP contribution < -0.4 is 16.8 Å². The summed E-state index contributed by atoms with van der Waals surface area (Å²) >= 11 is 0. The number of anilines is 2. The highest BCUT2D eigenvalue weighted by Gasteiger charge is 2.43. The average Bonchev–Trinajstić information content (AvgIpc) is 2.79. The minimum Gasteiger partial charge on any atom is -0.508 e. The number of Topliss-reactive ketones (excluding diaryl/α,β-unsaturated/α-hetero) is 1. The zero-order valence-corrected chi connectivity index (χ0v) is 19.4. The summed E-state index contributed by atoms with van der Waals surface area (Å²) in [4.78, 5) is 46.5. The van der Waals surface area contributed by atoms with Gasteiger partial charge in [0, 0.05) is 35.0 Å². The number of nitrogen functional groups attached to an aromatic ring is 2. The number of nitrogens with two attached hydrogens (primary N) is 2. The molecule has 10 nitrogen and oxygen atoms in total. The van der Waals surface area contributed by atoms with Crippen molar-refractivity contribution in [1.29, 1.82) is 0 Å². The fourth-order valence-corrected chi connectivity index (χ4v) is 3.74. The van der Waals surface area contributed by atoms with Crippen molar-refractivity contribution >= 4 is 35.0 Å². The van der Waals surface area contributed by atoms with E-state index < -0.39 is 48.2 Å². The number of carbonyl (C=O) groups is 4. The molecule has 0 aromatic heterocycles. The molecule has 2 atom stereocenters. The number of aliphatic carboxylic acids is 2. The predicted octanol–water partition coefficient (Wildman–Crippen LogP) is 2.84. The van der Waals surface area contributed by atoms with Gasteiger partial charge in [0.15, 0.2) is 0 Å². The van der Waals surface area contributed by atoms with E-state index in [0.717, 1.165) is 24.3 Å². The molecule has 2 aromatic rings. The van der Waals surface area contributed by atoms with Gasteiger partial charge in [0.1, 0.15) is 11.8 Å². The Bertz CT molecular complexity index is 1140. The van der Waals surface area contributed by atoms with E-state index in [2.05, 4.69) is 5.32 Å². The minimum atomic E-state index is -5.12. The molecule has 37 heavy (non-hydrogen) atoms. The van der Waals surface area contributed by atoms with Crippen LogP contribution in [0.3, 0.4) is 0 Å². The molecule has 1 amide bonds. The Labute approximate surface area is 209 Å². The number of halogens is 3. The molecular weight excluding hydrogens is 499 g/mol. The highest BCUT2D eigenvalue weighted by Crippen LogP contribution is 2.34. The fraction of sp³-hybridized carbons (Fsp3) is 0.333. The molecule has 0 radical (unpaired) electrons. The monoisotopic (exact) mass is 525 g/mol. The topological polar surface area (TPSA) is 193 Å². The van der Waals surface area contributed by atoms with Crippen LogP contribution in [0.5, 0.6) is 5.75 Å². The van der Waals surface area contributed by atoms with Gasteiger partial charge in [-0.3, -0.25) is 14.4 Å². The van der Waals surface area contributed by atoms with Gasteiger partial charge < -0.3 is 32.1 Å². The van der Waals surface area contributed by atoms with Crippen LogP contribution in [0.25, 0.3) is 0 Å². The number of rotatable bonds is 12. The van der Waals surface area contributed by atoms with Crippen LogP contribution in [0.2, 0.25) is 0 Å². The molecule has 8 N–H and O–H groups in total. The molecule has 0 spiro atoms. The molecule has 2 rings (SSSR count). The van der Waals surface area contributed by atoms with Gasteiger partial charge in [0.25, 0.3) is 5.91 Å². The van der Waals surface area contributed by atoms with Crippen molar-refractivity contribution < 1.29 is 47.7 Å². The number of hydrogen-bond donors (Lipinski definition) is 6. The lowest BCUT2D eigenvalue weighted by Crippen LogP contribution is -2.41. The van der Waals surface area contributed by atoms with Gasteiger partial charge in [-0.25, -0.2) is 4.79 Å². The van der Waals surface area contributed by atoms with Gasteiger partial charge in [0.2, 0.25) is 5.78 Å². The summed E-state index contributed by atoms with van der Waals surface area (Å²) in [6.45, 7) is 0. The first-order valence-corrected chi connectivity index (χ1v) is 11.0. The first-order valence-electron chi connectivity index (χ1n) is 11.0. The second kappa shape index (κ2) is 12.1.